The number of carboxylic acid groups (broad SMARTS) is 1. The lowest BCUT2D eigenvalue weighted by Crippen LogP contribution is -2.17. The van der Waals surface area contributed by atoms with Crippen LogP contribution in [0, 0.1) is 11.8 Å². The van der Waals surface area contributed by atoms with Gasteiger partial charge in [0.2, 0.25) is 0 Å². The number of aliphatic hydroxyl groups excluding tert-OH is 1. The van der Waals surface area contributed by atoms with E-state index in [1.807, 2.05) is 32.0 Å². The van der Waals surface area contributed by atoms with Crippen molar-refractivity contribution < 1.29 is 19.4 Å². The molecule has 0 aliphatic carbocycles. The maximum Gasteiger partial charge on any atom is 0.310 e. The number of halogens is 1. The third-order valence-electron chi connectivity index (χ3n) is 2.99. The van der Waals surface area contributed by atoms with Gasteiger partial charge in [-0.1, -0.05) is 44.2 Å². The van der Waals surface area contributed by atoms with E-state index in [-0.39, 0.29) is 12.3 Å². The van der Waals surface area contributed by atoms with E-state index in [0.717, 1.165) is 11.6 Å². The van der Waals surface area contributed by atoms with Crippen LogP contribution in [-0.4, -0.2) is 22.3 Å². The minimum atomic E-state index is -1.30. The summed E-state index contributed by atoms with van der Waals surface area (Å²) in [6.45, 7) is 3.75. The van der Waals surface area contributed by atoms with Gasteiger partial charge in [0, 0.05) is 6.42 Å². The molecule has 0 aliphatic heterocycles. The van der Waals surface area contributed by atoms with Crippen LogP contribution in [0.25, 0.3) is 0 Å². The number of carbonyl (C=O) groups is 1. The fourth-order valence-corrected chi connectivity index (χ4v) is 1.99. The number of carboxylic acids is 1. The summed E-state index contributed by atoms with van der Waals surface area (Å²) in [4.78, 5) is 11.1. The molecule has 0 spiro atoms. The molecule has 1 aromatic rings. The third kappa shape index (κ3) is 5.53. The van der Waals surface area contributed by atoms with Gasteiger partial charge in [0.1, 0.15) is 11.9 Å². The summed E-state index contributed by atoms with van der Waals surface area (Å²) >= 11 is 0. The second-order valence-corrected chi connectivity index (χ2v) is 5.33. The van der Waals surface area contributed by atoms with Crippen LogP contribution < -0.4 is 0 Å². The summed E-state index contributed by atoms with van der Waals surface area (Å²) in [6.07, 6.45) is 0.208. The van der Waals surface area contributed by atoms with Gasteiger partial charge in [0.15, 0.2) is 0 Å². The van der Waals surface area contributed by atoms with E-state index in [2.05, 4.69) is 0 Å². The molecule has 0 bridgehead atoms. The van der Waals surface area contributed by atoms with Crippen LogP contribution in [0.15, 0.2) is 42.2 Å². The van der Waals surface area contributed by atoms with Crippen molar-refractivity contribution in [2.45, 2.75) is 32.8 Å². The van der Waals surface area contributed by atoms with Crippen molar-refractivity contribution in [3.8, 4) is 0 Å². The van der Waals surface area contributed by atoms with Crippen molar-refractivity contribution in [3.63, 3.8) is 0 Å². The van der Waals surface area contributed by atoms with Gasteiger partial charge in [0.05, 0.1) is 5.92 Å². The predicted octanol–water partition coefficient (Wildman–Crippen LogP) is 3.19. The van der Waals surface area contributed by atoms with Crippen LogP contribution in [0.4, 0.5) is 4.39 Å². The molecule has 0 radical (unpaired) electrons. The Kier molecular flexibility index (Phi) is 6.39. The Morgan fingerprint density at radius 3 is 2.40 bits per heavy atom. The topological polar surface area (TPSA) is 57.5 Å². The molecule has 1 rings (SSSR count). The highest BCUT2D eigenvalue weighted by atomic mass is 19.1. The molecule has 0 amide bonds. The molecule has 2 atom stereocenters. The quantitative estimate of drug-likeness (QED) is 0.806. The predicted molar refractivity (Wildman–Crippen MR) is 75.9 cm³/mol. The second kappa shape index (κ2) is 7.80. The number of hydrogen-bond donors (Lipinski definition) is 2. The highest BCUT2D eigenvalue weighted by molar-refractivity contribution is 5.72. The van der Waals surface area contributed by atoms with Gasteiger partial charge in [-0.05, 0) is 24.0 Å². The van der Waals surface area contributed by atoms with Gasteiger partial charge in [-0.2, -0.15) is 0 Å². The molecule has 0 saturated carbocycles. The van der Waals surface area contributed by atoms with Crippen LogP contribution in [0.5, 0.6) is 0 Å². The maximum absolute atomic E-state index is 13.9. The van der Waals surface area contributed by atoms with Crippen LogP contribution in [-0.2, 0) is 11.2 Å². The van der Waals surface area contributed by atoms with E-state index in [4.69, 9.17) is 5.11 Å². The van der Waals surface area contributed by atoms with Crippen molar-refractivity contribution in [1.82, 2.24) is 0 Å². The van der Waals surface area contributed by atoms with Crippen LogP contribution in [0.1, 0.15) is 25.8 Å². The van der Waals surface area contributed by atoms with Crippen molar-refractivity contribution >= 4 is 5.97 Å². The molecule has 0 aromatic heterocycles. The number of benzene rings is 1. The minimum Gasteiger partial charge on any atom is -0.481 e. The highest BCUT2D eigenvalue weighted by Crippen LogP contribution is 2.19. The van der Waals surface area contributed by atoms with Crippen molar-refractivity contribution in [2.75, 3.05) is 0 Å². The molecule has 110 valence electrons. The van der Waals surface area contributed by atoms with Crippen LogP contribution in [0.3, 0.4) is 0 Å². The maximum atomic E-state index is 13.9. The lowest BCUT2D eigenvalue weighted by molar-refractivity contribution is -0.140. The molecular formula is C16H21FO3. The Labute approximate surface area is 118 Å². The van der Waals surface area contributed by atoms with Gasteiger partial charge in [-0.3, -0.25) is 4.79 Å². The summed E-state index contributed by atoms with van der Waals surface area (Å²) in [5.41, 5.74) is 0.805. The molecule has 3 nitrogen and oxygen atoms in total. The molecule has 2 N–H and O–H groups in total. The first kappa shape index (κ1) is 16.4. The minimum absolute atomic E-state index is 0.136. The number of hydrogen-bond acceptors (Lipinski definition) is 2. The third-order valence-corrected chi connectivity index (χ3v) is 2.99. The van der Waals surface area contributed by atoms with E-state index < -0.39 is 23.8 Å². The van der Waals surface area contributed by atoms with E-state index in [1.165, 1.54) is 0 Å². The average molecular weight is 280 g/mol. The van der Waals surface area contributed by atoms with E-state index >= 15 is 0 Å². The fourth-order valence-electron chi connectivity index (χ4n) is 1.99. The molecule has 4 heteroatoms. The molecule has 1 aromatic carbocycles. The Balaban J connectivity index is 2.72. The number of rotatable bonds is 7. The molecule has 20 heavy (non-hydrogen) atoms. The summed E-state index contributed by atoms with van der Waals surface area (Å²) in [5.74, 6) is -2.60. The normalized spacial score (nSPS) is 15.2. The SMILES string of the molecule is CC(C)C[C@H](/C=C(\F)[C@@H](O)Cc1ccccc1)C(=O)O. The van der Waals surface area contributed by atoms with E-state index in [9.17, 15) is 14.3 Å². The zero-order chi connectivity index (χ0) is 15.1. The van der Waals surface area contributed by atoms with Gasteiger partial charge in [-0.25, -0.2) is 4.39 Å². The molecule has 0 unspecified atom stereocenters. The average Bonchev–Trinajstić information content (AvgIpc) is 2.38. The number of aliphatic hydroxyl groups is 1. The first-order chi connectivity index (χ1) is 9.40. The monoisotopic (exact) mass is 280 g/mol. The largest absolute Gasteiger partial charge is 0.481 e. The molecular weight excluding hydrogens is 259 g/mol. The van der Waals surface area contributed by atoms with Crippen LogP contribution in [0.2, 0.25) is 0 Å². The summed E-state index contributed by atoms with van der Waals surface area (Å²) in [7, 11) is 0. The van der Waals surface area contributed by atoms with E-state index in [0.29, 0.717) is 6.42 Å². The molecule has 0 heterocycles. The van der Waals surface area contributed by atoms with Gasteiger partial charge in [0.25, 0.3) is 0 Å². The second-order valence-electron chi connectivity index (χ2n) is 5.33. The first-order valence-corrected chi connectivity index (χ1v) is 6.72. The highest BCUT2D eigenvalue weighted by Gasteiger charge is 2.20. The fraction of sp³-hybridized carbons (Fsp3) is 0.438. The van der Waals surface area contributed by atoms with E-state index in [1.54, 1.807) is 12.1 Å². The Bertz CT molecular complexity index is 454. The zero-order valence-electron chi connectivity index (χ0n) is 11.8. The smallest absolute Gasteiger partial charge is 0.310 e. The molecule has 0 fully saturated rings. The Morgan fingerprint density at radius 2 is 1.90 bits per heavy atom. The summed E-state index contributed by atoms with van der Waals surface area (Å²) in [6, 6.07) is 9.04. The molecule has 0 aliphatic rings. The Morgan fingerprint density at radius 1 is 1.30 bits per heavy atom. The van der Waals surface area contributed by atoms with Crippen molar-refractivity contribution in [1.29, 1.82) is 0 Å². The first-order valence-electron chi connectivity index (χ1n) is 6.72. The lowest BCUT2D eigenvalue weighted by Gasteiger charge is -2.13. The van der Waals surface area contributed by atoms with Crippen molar-refractivity contribution in [3.05, 3.63) is 47.8 Å². The number of aliphatic carboxylic acids is 1. The molecule has 0 saturated heterocycles. The van der Waals surface area contributed by atoms with Crippen molar-refractivity contribution in [2.24, 2.45) is 11.8 Å². The van der Waals surface area contributed by atoms with Gasteiger partial charge in [-0.15, -0.1) is 0 Å². The van der Waals surface area contributed by atoms with Gasteiger partial charge >= 0.3 is 5.97 Å². The zero-order valence-corrected chi connectivity index (χ0v) is 11.8. The standard InChI is InChI=1S/C16H21FO3/c1-11(2)8-13(16(19)20)10-14(17)15(18)9-12-6-4-3-5-7-12/h3-7,10-11,13,15,18H,8-9H2,1-2H3,(H,19,20)/b14-10-/t13-,15+/m1/s1. The Hall–Kier alpha value is -1.68. The summed E-state index contributed by atoms with van der Waals surface area (Å²) < 4.78 is 13.9. The summed E-state index contributed by atoms with van der Waals surface area (Å²) in [5, 5.41) is 18.8. The lowest BCUT2D eigenvalue weighted by atomic mass is 9.95. The van der Waals surface area contributed by atoms with Crippen LogP contribution >= 0.6 is 0 Å². The van der Waals surface area contributed by atoms with Gasteiger partial charge < -0.3 is 10.2 Å².